The van der Waals surface area contributed by atoms with Crippen LogP contribution in [0.1, 0.15) is 13.8 Å². The van der Waals surface area contributed by atoms with E-state index in [1.54, 1.807) is 7.11 Å². The lowest BCUT2D eigenvalue weighted by atomic mass is 10.3. The molecule has 15 heavy (non-hydrogen) atoms. The van der Waals surface area contributed by atoms with Crippen molar-refractivity contribution in [2.75, 3.05) is 53.6 Å². The molecule has 1 unspecified atom stereocenters. The Kier molecular flexibility index (Phi) is 10.3. The predicted octanol–water partition coefficient (Wildman–Crippen LogP) is 0.579. The standard InChI is InChI=1S/C11H26N2O2/c1-5-15-9-7-12-6-8-13(3)11(2)10-14-4/h11-12H,5-10H2,1-4H3. The first-order chi connectivity index (χ1) is 7.22. The monoisotopic (exact) mass is 218 g/mol. The van der Waals surface area contributed by atoms with Crippen molar-refractivity contribution in [1.82, 2.24) is 10.2 Å². The van der Waals surface area contributed by atoms with E-state index in [4.69, 9.17) is 9.47 Å². The van der Waals surface area contributed by atoms with Crippen molar-refractivity contribution in [3.8, 4) is 0 Å². The van der Waals surface area contributed by atoms with Crippen LogP contribution in [0.15, 0.2) is 0 Å². The molecule has 1 N–H and O–H groups in total. The Labute approximate surface area is 93.9 Å². The van der Waals surface area contributed by atoms with Gasteiger partial charge < -0.3 is 19.7 Å². The highest BCUT2D eigenvalue weighted by Gasteiger charge is 2.07. The Morgan fingerprint density at radius 1 is 1.33 bits per heavy atom. The second-order valence-electron chi connectivity index (χ2n) is 3.73. The fraction of sp³-hybridized carbons (Fsp3) is 1.00. The van der Waals surface area contributed by atoms with Crippen LogP contribution in [-0.2, 0) is 9.47 Å². The summed E-state index contributed by atoms with van der Waals surface area (Å²) < 4.78 is 10.3. The van der Waals surface area contributed by atoms with E-state index in [0.717, 1.165) is 39.5 Å². The number of likely N-dealkylation sites (N-methyl/N-ethyl adjacent to an activating group) is 1. The first-order valence-corrected chi connectivity index (χ1v) is 5.70. The maximum Gasteiger partial charge on any atom is 0.0615 e. The number of rotatable bonds is 10. The minimum atomic E-state index is 0.476. The van der Waals surface area contributed by atoms with Gasteiger partial charge in [-0.2, -0.15) is 0 Å². The van der Waals surface area contributed by atoms with Gasteiger partial charge in [0.05, 0.1) is 13.2 Å². The zero-order chi connectivity index (χ0) is 11.5. The van der Waals surface area contributed by atoms with Gasteiger partial charge >= 0.3 is 0 Å². The van der Waals surface area contributed by atoms with Gasteiger partial charge in [0.2, 0.25) is 0 Å². The molecule has 0 saturated carbocycles. The molecule has 0 heterocycles. The van der Waals surface area contributed by atoms with Crippen LogP contribution in [0.25, 0.3) is 0 Å². The summed E-state index contributed by atoms with van der Waals surface area (Å²) in [6.45, 7) is 9.54. The van der Waals surface area contributed by atoms with Gasteiger partial charge in [0, 0.05) is 39.4 Å². The van der Waals surface area contributed by atoms with Gasteiger partial charge in [0.25, 0.3) is 0 Å². The molecule has 0 rings (SSSR count). The Morgan fingerprint density at radius 2 is 2.07 bits per heavy atom. The number of methoxy groups -OCH3 is 1. The second kappa shape index (κ2) is 10.4. The first-order valence-electron chi connectivity index (χ1n) is 5.70. The van der Waals surface area contributed by atoms with Gasteiger partial charge in [-0.1, -0.05) is 0 Å². The Balaban J connectivity index is 3.26. The van der Waals surface area contributed by atoms with Crippen LogP contribution in [0.4, 0.5) is 0 Å². The molecular formula is C11H26N2O2. The molecule has 92 valence electrons. The third-order valence-electron chi connectivity index (χ3n) is 2.43. The summed E-state index contributed by atoms with van der Waals surface area (Å²) in [4.78, 5) is 2.29. The molecule has 4 heteroatoms. The van der Waals surface area contributed by atoms with Gasteiger partial charge in [-0.15, -0.1) is 0 Å². The molecule has 0 aliphatic carbocycles. The van der Waals surface area contributed by atoms with Crippen molar-refractivity contribution in [3.63, 3.8) is 0 Å². The third-order valence-corrected chi connectivity index (χ3v) is 2.43. The maximum absolute atomic E-state index is 5.23. The summed E-state index contributed by atoms with van der Waals surface area (Å²) in [5, 5.41) is 3.34. The molecular weight excluding hydrogens is 192 g/mol. The fourth-order valence-corrected chi connectivity index (χ4v) is 1.26. The average molecular weight is 218 g/mol. The molecule has 0 amide bonds. The maximum atomic E-state index is 5.23. The van der Waals surface area contributed by atoms with Crippen LogP contribution in [0, 0.1) is 0 Å². The van der Waals surface area contributed by atoms with Crippen LogP contribution in [0.2, 0.25) is 0 Å². The first kappa shape index (κ1) is 14.8. The molecule has 0 aliphatic rings. The average Bonchev–Trinajstić information content (AvgIpc) is 2.23. The molecule has 0 bridgehead atoms. The quantitative estimate of drug-likeness (QED) is 0.544. The van der Waals surface area contributed by atoms with E-state index < -0.39 is 0 Å². The Hall–Kier alpha value is -0.160. The van der Waals surface area contributed by atoms with Crippen molar-refractivity contribution in [2.45, 2.75) is 19.9 Å². The van der Waals surface area contributed by atoms with Crippen molar-refractivity contribution < 1.29 is 9.47 Å². The van der Waals surface area contributed by atoms with Crippen LogP contribution in [0.5, 0.6) is 0 Å². The highest BCUT2D eigenvalue weighted by Crippen LogP contribution is 1.93. The largest absolute Gasteiger partial charge is 0.383 e. The van der Waals surface area contributed by atoms with Gasteiger partial charge in [-0.25, -0.2) is 0 Å². The normalized spacial score (nSPS) is 13.4. The number of nitrogens with zero attached hydrogens (tertiary/aromatic N) is 1. The summed E-state index contributed by atoms with van der Waals surface area (Å²) in [7, 11) is 3.86. The van der Waals surface area contributed by atoms with E-state index in [1.807, 2.05) is 6.92 Å². The van der Waals surface area contributed by atoms with E-state index in [-0.39, 0.29) is 0 Å². The summed E-state index contributed by atoms with van der Waals surface area (Å²) in [5.41, 5.74) is 0. The summed E-state index contributed by atoms with van der Waals surface area (Å²) in [6.07, 6.45) is 0. The molecule has 0 fully saturated rings. The van der Waals surface area contributed by atoms with Crippen LogP contribution in [0.3, 0.4) is 0 Å². The van der Waals surface area contributed by atoms with E-state index in [0.29, 0.717) is 6.04 Å². The summed E-state index contributed by atoms with van der Waals surface area (Å²) >= 11 is 0. The lowest BCUT2D eigenvalue weighted by Gasteiger charge is -2.23. The van der Waals surface area contributed by atoms with E-state index >= 15 is 0 Å². The SMILES string of the molecule is CCOCCNCCN(C)C(C)COC. The minimum absolute atomic E-state index is 0.476. The van der Waals surface area contributed by atoms with Gasteiger partial charge in [-0.05, 0) is 20.9 Å². The topological polar surface area (TPSA) is 33.7 Å². The molecule has 0 spiro atoms. The molecule has 0 aromatic heterocycles. The number of nitrogens with one attached hydrogen (secondary N) is 1. The smallest absolute Gasteiger partial charge is 0.0615 e. The van der Waals surface area contributed by atoms with Crippen molar-refractivity contribution >= 4 is 0 Å². The van der Waals surface area contributed by atoms with Crippen LogP contribution < -0.4 is 5.32 Å². The highest BCUT2D eigenvalue weighted by molar-refractivity contribution is 4.63. The number of hydrogen-bond donors (Lipinski definition) is 1. The van der Waals surface area contributed by atoms with Gasteiger partial charge in [0.15, 0.2) is 0 Å². The van der Waals surface area contributed by atoms with Gasteiger partial charge in [0.1, 0.15) is 0 Å². The zero-order valence-corrected chi connectivity index (χ0v) is 10.6. The molecule has 0 radical (unpaired) electrons. The van der Waals surface area contributed by atoms with Crippen molar-refractivity contribution in [3.05, 3.63) is 0 Å². The van der Waals surface area contributed by atoms with Crippen LogP contribution in [-0.4, -0.2) is 64.6 Å². The molecule has 0 aliphatic heterocycles. The highest BCUT2D eigenvalue weighted by atomic mass is 16.5. The lowest BCUT2D eigenvalue weighted by Crippen LogP contribution is -2.38. The number of ether oxygens (including phenoxy) is 2. The number of hydrogen-bond acceptors (Lipinski definition) is 4. The minimum Gasteiger partial charge on any atom is -0.383 e. The molecule has 0 aromatic rings. The molecule has 1 atom stereocenters. The van der Waals surface area contributed by atoms with Crippen LogP contribution >= 0.6 is 0 Å². The zero-order valence-electron chi connectivity index (χ0n) is 10.6. The van der Waals surface area contributed by atoms with Gasteiger partial charge in [-0.3, -0.25) is 0 Å². The van der Waals surface area contributed by atoms with E-state index in [1.165, 1.54) is 0 Å². The summed E-state index contributed by atoms with van der Waals surface area (Å²) in [6, 6.07) is 0.476. The predicted molar refractivity (Wildman–Crippen MR) is 63.3 cm³/mol. The lowest BCUT2D eigenvalue weighted by molar-refractivity contribution is 0.114. The molecule has 4 nitrogen and oxygen atoms in total. The molecule has 0 aromatic carbocycles. The van der Waals surface area contributed by atoms with Crippen molar-refractivity contribution in [2.24, 2.45) is 0 Å². The third kappa shape index (κ3) is 8.81. The Morgan fingerprint density at radius 3 is 2.67 bits per heavy atom. The summed E-state index contributed by atoms with van der Waals surface area (Å²) in [5.74, 6) is 0. The fourth-order valence-electron chi connectivity index (χ4n) is 1.26. The van der Waals surface area contributed by atoms with E-state index in [2.05, 4.69) is 24.2 Å². The van der Waals surface area contributed by atoms with Crippen molar-refractivity contribution in [1.29, 1.82) is 0 Å². The Bertz CT molecular complexity index is 134. The second-order valence-corrected chi connectivity index (χ2v) is 3.73. The van der Waals surface area contributed by atoms with E-state index in [9.17, 15) is 0 Å². The molecule has 0 saturated heterocycles.